The lowest BCUT2D eigenvalue weighted by Gasteiger charge is -2.18. The van der Waals surface area contributed by atoms with Gasteiger partial charge in [-0.3, -0.25) is 4.40 Å². The first-order valence-corrected chi connectivity index (χ1v) is 7.85. The fourth-order valence-corrected chi connectivity index (χ4v) is 2.79. The molecule has 0 bridgehead atoms. The summed E-state index contributed by atoms with van der Waals surface area (Å²) >= 11 is 0. The molecule has 3 heterocycles. The van der Waals surface area contributed by atoms with Crippen LogP contribution in [0.1, 0.15) is 11.3 Å². The molecule has 3 aromatic rings. The molecule has 0 atom stereocenters. The maximum absolute atomic E-state index is 9.37. The highest BCUT2D eigenvalue weighted by Gasteiger charge is 2.13. The lowest BCUT2D eigenvalue weighted by molar-refractivity contribution is 0.171. The minimum atomic E-state index is 0.521. The number of hydrogen-bond donors (Lipinski definition) is 1. The van der Waals surface area contributed by atoms with Crippen LogP contribution in [0, 0.1) is 11.3 Å². The van der Waals surface area contributed by atoms with Crippen molar-refractivity contribution >= 4 is 11.5 Å². The zero-order valence-corrected chi connectivity index (χ0v) is 13.0. The Morgan fingerprint density at radius 2 is 2.04 bits per heavy atom. The zero-order valence-electron chi connectivity index (χ0n) is 13.0. The summed E-state index contributed by atoms with van der Waals surface area (Å²) in [7, 11) is 0. The minimum absolute atomic E-state index is 0.521. The number of benzene rings is 1. The van der Waals surface area contributed by atoms with E-state index < -0.39 is 0 Å². The van der Waals surface area contributed by atoms with Gasteiger partial charge in [0, 0.05) is 12.7 Å². The van der Waals surface area contributed by atoms with Crippen LogP contribution in [0.5, 0.6) is 11.5 Å². The van der Waals surface area contributed by atoms with Crippen molar-refractivity contribution in [1.29, 1.82) is 5.26 Å². The van der Waals surface area contributed by atoms with Gasteiger partial charge in [-0.1, -0.05) is 12.1 Å². The van der Waals surface area contributed by atoms with E-state index >= 15 is 0 Å². The van der Waals surface area contributed by atoms with Gasteiger partial charge in [0.1, 0.15) is 24.9 Å². The van der Waals surface area contributed by atoms with Gasteiger partial charge in [-0.2, -0.15) is 5.26 Å². The van der Waals surface area contributed by atoms with Crippen LogP contribution in [0.2, 0.25) is 0 Å². The first kappa shape index (κ1) is 14.4. The molecule has 1 aromatic carbocycles. The molecule has 120 valence electrons. The number of nitrogens with one attached hydrogen (secondary N) is 1. The second-order valence-electron chi connectivity index (χ2n) is 5.50. The molecule has 2 aromatic heterocycles. The molecule has 0 saturated carbocycles. The fraction of sp³-hybridized carbons (Fsp3) is 0.222. The van der Waals surface area contributed by atoms with Gasteiger partial charge < -0.3 is 14.8 Å². The number of aromatic nitrogens is 2. The van der Waals surface area contributed by atoms with Crippen LogP contribution < -0.4 is 14.8 Å². The molecule has 4 rings (SSSR count). The van der Waals surface area contributed by atoms with E-state index in [1.807, 2.05) is 42.6 Å². The Morgan fingerprint density at radius 3 is 2.92 bits per heavy atom. The summed E-state index contributed by atoms with van der Waals surface area (Å²) in [6.07, 6.45) is 2.64. The van der Waals surface area contributed by atoms with E-state index in [1.165, 1.54) is 0 Å². The van der Waals surface area contributed by atoms with E-state index in [0.717, 1.165) is 29.1 Å². The maximum Gasteiger partial charge on any atom is 0.168 e. The highest BCUT2D eigenvalue weighted by Crippen LogP contribution is 2.30. The van der Waals surface area contributed by atoms with E-state index in [0.29, 0.717) is 31.3 Å². The third kappa shape index (κ3) is 2.61. The number of fused-ring (bicyclic) bond motifs is 2. The van der Waals surface area contributed by atoms with Crippen molar-refractivity contribution in [2.45, 2.75) is 6.42 Å². The predicted molar refractivity (Wildman–Crippen MR) is 89.5 cm³/mol. The highest BCUT2D eigenvalue weighted by atomic mass is 16.6. The number of nitriles is 1. The Bertz CT molecular complexity index is 926. The van der Waals surface area contributed by atoms with Crippen LogP contribution in [0.3, 0.4) is 0 Å². The van der Waals surface area contributed by atoms with Crippen molar-refractivity contribution in [3.8, 4) is 17.6 Å². The maximum atomic E-state index is 9.37. The molecule has 0 unspecified atom stereocenters. The molecule has 0 aliphatic carbocycles. The van der Waals surface area contributed by atoms with Crippen LogP contribution in [0.4, 0.5) is 5.82 Å². The Hall–Kier alpha value is -3.20. The van der Waals surface area contributed by atoms with Crippen LogP contribution in [-0.4, -0.2) is 29.1 Å². The highest BCUT2D eigenvalue weighted by molar-refractivity contribution is 5.59. The summed E-state index contributed by atoms with van der Waals surface area (Å²) < 4.78 is 12.9. The fourth-order valence-electron chi connectivity index (χ4n) is 2.79. The average molecular weight is 320 g/mol. The van der Waals surface area contributed by atoms with E-state index in [-0.39, 0.29) is 0 Å². The van der Waals surface area contributed by atoms with Gasteiger partial charge in [0.2, 0.25) is 0 Å². The normalized spacial score (nSPS) is 12.8. The standard InChI is InChI=1S/C18H16N4O2/c19-12-14-18(21-17-3-1-2-8-22(14)17)20-7-6-13-4-5-15-16(11-13)24-10-9-23-15/h1-5,8,11,20H,6-7,9-10H2. The molecule has 0 spiro atoms. The lowest BCUT2D eigenvalue weighted by Crippen LogP contribution is -2.15. The Kier molecular flexibility index (Phi) is 3.67. The van der Waals surface area contributed by atoms with Gasteiger partial charge in [-0.15, -0.1) is 0 Å². The zero-order chi connectivity index (χ0) is 16.4. The SMILES string of the molecule is N#Cc1c(NCCc2ccc3c(c2)OCCO3)nc2ccccn12. The third-order valence-corrected chi connectivity index (χ3v) is 3.95. The van der Waals surface area contributed by atoms with Gasteiger partial charge in [0.15, 0.2) is 23.0 Å². The molecule has 1 N–H and O–H groups in total. The van der Waals surface area contributed by atoms with Crippen LogP contribution in [0.15, 0.2) is 42.6 Å². The van der Waals surface area contributed by atoms with Crippen molar-refractivity contribution in [3.63, 3.8) is 0 Å². The monoisotopic (exact) mass is 320 g/mol. The van der Waals surface area contributed by atoms with Crippen molar-refractivity contribution in [2.75, 3.05) is 25.1 Å². The average Bonchev–Trinajstić information content (AvgIpc) is 2.99. The largest absolute Gasteiger partial charge is 0.486 e. The van der Waals surface area contributed by atoms with Gasteiger partial charge in [-0.25, -0.2) is 4.98 Å². The Balaban J connectivity index is 1.47. The van der Waals surface area contributed by atoms with Crippen molar-refractivity contribution in [3.05, 3.63) is 53.9 Å². The summed E-state index contributed by atoms with van der Waals surface area (Å²) in [6.45, 7) is 1.86. The number of imidazole rings is 1. The summed E-state index contributed by atoms with van der Waals surface area (Å²) in [5.74, 6) is 2.20. The number of rotatable bonds is 4. The molecule has 1 aliphatic rings. The quantitative estimate of drug-likeness (QED) is 0.800. The number of pyridine rings is 1. The molecule has 0 saturated heterocycles. The molecule has 1 aliphatic heterocycles. The molecule has 24 heavy (non-hydrogen) atoms. The lowest BCUT2D eigenvalue weighted by atomic mass is 10.1. The predicted octanol–water partition coefficient (Wildman–Crippen LogP) is 2.63. The van der Waals surface area contributed by atoms with E-state index in [1.54, 1.807) is 4.40 Å². The van der Waals surface area contributed by atoms with Crippen LogP contribution >= 0.6 is 0 Å². The smallest absolute Gasteiger partial charge is 0.168 e. The van der Waals surface area contributed by atoms with Crippen LogP contribution in [-0.2, 0) is 6.42 Å². The topological polar surface area (TPSA) is 71.6 Å². The summed E-state index contributed by atoms with van der Waals surface area (Å²) in [6, 6.07) is 13.9. The van der Waals surface area contributed by atoms with Gasteiger partial charge in [0.25, 0.3) is 0 Å². The summed E-state index contributed by atoms with van der Waals surface area (Å²) in [4.78, 5) is 4.47. The van der Waals surface area contributed by atoms with E-state index in [2.05, 4.69) is 16.4 Å². The summed E-state index contributed by atoms with van der Waals surface area (Å²) in [5.41, 5.74) is 2.43. The number of nitrogens with zero attached hydrogens (tertiary/aromatic N) is 3. The van der Waals surface area contributed by atoms with E-state index in [9.17, 15) is 5.26 Å². The molecular formula is C18H16N4O2. The molecular weight excluding hydrogens is 304 g/mol. The van der Waals surface area contributed by atoms with Crippen molar-refractivity contribution < 1.29 is 9.47 Å². The second-order valence-corrected chi connectivity index (χ2v) is 5.50. The summed E-state index contributed by atoms with van der Waals surface area (Å²) in [5, 5.41) is 12.6. The first-order chi connectivity index (χ1) is 11.8. The molecule has 6 heteroatoms. The van der Waals surface area contributed by atoms with Gasteiger partial charge >= 0.3 is 0 Å². The molecule has 6 nitrogen and oxygen atoms in total. The third-order valence-electron chi connectivity index (χ3n) is 3.95. The van der Waals surface area contributed by atoms with E-state index in [4.69, 9.17) is 9.47 Å². The number of anilines is 1. The molecule has 0 amide bonds. The first-order valence-electron chi connectivity index (χ1n) is 7.85. The van der Waals surface area contributed by atoms with Crippen molar-refractivity contribution in [2.24, 2.45) is 0 Å². The Morgan fingerprint density at radius 1 is 1.17 bits per heavy atom. The number of ether oxygens (including phenoxy) is 2. The van der Waals surface area contributed by atoms with Gasteiger partial charge in [-0.05, 0) is 36.2 Å². The van der Waals surface area contributed by atoms with Crippen molar-refractivity contribution in [1.82, 2.24) is 9.38 Å². The second kappa shape index (κ2) is 6.13. The van der Waals surface area contributed by atoms with Gasteiger partial charge in [0.05, 0.1) is 0 Å². The molecule has 0 fully saturated rings. The van der Waals surface area contributed by atoms with Crippen LogP contribution in [0.25, 0.3) is 5.65 Å². The Labute approximate surface area is 139 Å². The minimum Gasteiger partial charge on any atom is -0.486 e. The number of hydrogen-bond acceptors (Lipinski definition) is 5. The molecule has 0 radical (unpaired) electrons.